The number of carboxylic acids is 1. The van der Waals surface area contributed by atoms with Crippen LogP contribution in [0.1, 0.15) is 18.4 Å². The van der Waals surface area contributed by atoms with Crippen LogP contribution in [-0.4, -0.2) is 29.6 Å². The van der Waals surface area contributed by atoms with Gasteiger partial charge < -0.3 is 21.5 Å². The van der Waals surface area contributed by atoms with Crippen molar-refractivity contribution in [1.29, 1.82) is 0 Å². The van der Waals surface area contributed by atoms with E-state index in [1.807, 2.05) is 0 Å². The van der Waals surface area contributed by atoms with Crippen molar-refractivity contribution >= 4 is 23.6 Å². The van der Waals surface area contributed by atoms with E-state index in [4.69, 9.17) is 10.8 Å². The van der Waals surface area contributed by atoms with Crippen molar-refractivity contribution in [1.82, 2.24) is 5.32 Å². The molecule has 0 aliphatic heterocycles. The lowest BCUT2D eigenvalue weighted by atomic mass is 10.1. The molecule has 1 aromatic carbocycles. The third kappa shape index (κ3) is 6.39. The van der Waals surface area contributed by atoms with Gasteiger partial charge in [-0.15, -0.1) is 0 Å². The van der Waals surface area contributed by atoms with Gasteiger partial charge in [0, 0.05) is 18.7 Å². The minimum absolute atomic E-state index is 0.101. The van der Waals surface area contributed by atoms with Crippen LogP contribution in [0, 0.1) is 0 Å². The van der Waals surface area contributed by atoms with Gasteiger partial charge in [0.05, 0.1) is 6.42 Å². The average Bonchev–Trinajstić information content (AvgIpc) is 2.34. The van der Waals surface area contributed by atoms with Crippen molar-refractivity contribution in [2.75, 3.05) is 11.9 Å². The number of primary amides is 1. The van der Waals surface area contributed by atoms with Crippen LogP contribution in [0.25, 0.3) is 0 Å². The molecule has 0 radical (unpaired) electrons. The summed E-state index contributed by atoms with van der Waals surface area (Å²) in [6.07, 6.45) is 0.589. The molecule has 0 fully saturated rings. The Morgan fingerprint density at radius 2 is 2.00 bits per heavy atom. The summed E-state index contributed by atoms with van der Waals surface area (Å²) in [5, 5.41) is 13.8. The minimum Gasteiger partial charge on any atom is -0.481 e. The maximum atomic E-state index is 11.5. The van der Waals surface area contributed by atoms with Crippen molar-refractivity contribution in [3.05, 3.63) is 29.8 Å². The first-order chi connectivity index (χ1) is 9.47. The third-order valence-corrected chi connectivity index (χ3v) is 2.43. The summed E-state index contributed by atoms with van der Waals surface area (Å²) in [7, 11) is 0. The normalized spacial score (nSPS) is 9.80. The number of rotatable bonds is 7. The van der Waals surface area contributed by atoms with Gasteiger partial charge in [-0.25, -0.2) is 4.79 Å². The largest absolute Gasteiger partial charge is 0.481 e. The molecule has 5 N–H and O–H groups in total. The zero-order valence-corrected chi connectivity index (χ0v) is 10.9. The van der Waals surface area contributed by atoms with E-state index in [0.29, 0.717) is 24.2 Å². The lowest BCUT2D eigenvalue weighted by Gasteiger charge is -2.08. The fourth-order valence-electron chi connectivity index (χ4n) is 1.57. The second-order valence-electron chi connectivity index (χ2n) is 4.22. The summed E-state index contributed by atoms with van der Waals surface area (Å²) in [5.74, 6) is -1.34. The highest BCUT2D eigenvalue weighted by Crippen LogP contribution is 2.11. The number of nitrogens with two attached hydrogens (primary N) is 1. The van der Waals surface area contributed by atoms with Crippen LogP contribution >= 0.6 is 0 Å². The second kappa shape index (κ2) is 7.78. The summed E-state index contributed by atoms with van der Waals surface area (Å²) in [5.41, 5.74) is 6.09. The van der Waals surface area contributed by atoms with Gasteiger partial charge >= 0.3 is 12.0 Å². The van der Waals surface area contributed by atoms with Crippen molar-refractivity contribution in [3.8, 4) is 0 Å². The fraction of sp³-hybridized carbons (Fsp3) is 0.308. The van der Waals surface area contributed by atoms with Crippen LogP contribution < -0.4 is 16.4 Å². The second-order valence-corrected chi connectivity index (χ2v) is 4.22. The molecule has 0 aliphatic carbocycles. The smallest absolute Gasteiger partial charge is 0.319 e. The number of nitrogens with one attached hydrogen (secondary N) is 2. The van der Waals surface area contributed by atoms with Crippen molar-refractivity contribution in [2.24, 2.45) is 5.73 Å². The lowest BCUT2D eigenvalue weighted by molar-refractivity contribution is -0.136. The SMILES string of the molecule is NC(=O)CCCNC(=O)Nc1cccc(CC(=O)O)c1. The monoisotopic (exact) mass is 279 g/mol. The van der Waals surface area contributed by atoms with E-state index in [-0.39, 0.29) is 12.8 Å². The fourth-order valence-corrected chi connectivity index (χ4v) is 1.57. The first-order valence-electron chi connectivity index (χ1n) is 6.11. The highest BCUT2D eigenvalue weighted by atomic mass is 16.4. The Labute approximate surface area is 116 Å². The minimum atomic E-state index is -0.932. The van der Waals surface area contributed by atoms with E-state index >= 15 is 0 Å². The van der Waals surface area contributed by atoms with E-state index in [9.17, 15) is 14.4 Å². The topological polar surface area (TPSA) is 122 Å². The Hall–Kier alpha value is -2.57. The van der Waals surface area contributed by atoms with E-state index in [1.54, 1.807) is 24.3 Å². The highest BCUT2D eigenvalue weighted by molar-refractivity contribution is 5.89. The highest BCUT2D eigenvalue weighted by Gasteiger charge is 2.04. The maximum Gasteiger partial charge on any atom is 0.319 e. The number of amides is 3. The molecule has 0 heterocycles. The molecule has 20 heavy (non-hydrogen) atoms. The van der Waals surface area contributed by atoms with E-state index < -0.39 is 17.9 Å². The predicted octanol–water partition coefficient (Wildman–Crippen LogP) is 0.701. The van der Waals surface area contributed by atoms with Crippen LogP contribution in [0.4, 0.5) is 10.5 Å². The molecule has 3 amide bonds. The summed E-state index contributed by atoms with van der Waals surface area (Å²) in [6.45, 7) is 0.337. The number of carbonyl (C=O) groups is 3. The van der Waals surface area contributed by atoms with Crippen LogP contribution in [0.15, 0.2) is 24.3 Å². The van der Waals surface area contributed by atoms with Gasteiger partial charge in [0.2, 0.25) is 5.91 Å². The van der Waals surface area contributed by atoms with Gasteiger partial charge in [-0.1, -0.05) is 12.1 Å². The van der Waals surface area contributed by atoms with Gasteiger partial charge in [0.1, 0.15) is 0 Å². The number of aliphatic carboxylic acids is 1. The molecule has 1 aromatic rings. The molecule has 1 rings (SSSR count). The number of anilines is 1. The van der Waals surface area contributed by atoms with E-state index in [2.05, 4.69) is 10.6 Å². The predicted molar refractivity (Wildman–Crippen MR) is 73.2 cm³/mol. The van der Waals surface area contributed by atoms with Crippen molar-refractivity contribution in [2.45, 2.75) is 19.3 Å². The van der Waals surface area contributed by atoms with Gasteiger partial charge in [-0.05, 0) is 24.1 Å². The van der Waals surface area contributed by atoms with Gasteiger partial charge in [0.15, 0.2) is 0 Å². The van der Waals surface area contributed by atoms with Gasteiger partial charge in [0.25, 0.3) is 0 Å². The summed E-state index contributed by atoms with van der Waals surface area (Å²) in [4.78, 5) is 32.6. The number of carbonyl (C=O) groups excluding carboxylic acids is 2. The molecule has 7 nitrogen and oxygen atoms in total. The standard InChI is InChI=1S/C13H17N3O4/c14-11(17)5-2-6-15-13(20)16-10-4-1-3-9(7-10)8-12(18)19/h1,3-4,7H,2,5-6,8H2,(H2,14,17)(H,18,19)(H2,15,16,20). The van der Waals surface area contributed by atoms with Gasteiger partial charge in [-0.2, -0.15) is 0 Å². The molecule has 0 unspecified atom stereocenters. The summed E-state index contributed by atoms with van der Waals surface area (Å²) in [6, 6.07) is 6.18. The number of hydrogen-bond donors (Lipinski definition) is 4. The lowest BCUT2D eigenvalue weighted by Crippen LogP contribution is -2.30. The Balaban J connectivity index is 2.41. The maximum absolute atomic E-state index is 11.5. The zero-order valence-electron chi connectivity index (χ0n) is 10.9. The average molecular weight is 279 g/mol. The number of benzene rings is 1. The third-order valence-electron chi connectivity index (χ3n) is 2.43. The Morgan fingerprint density at radius 3 is 2.65 bits per heavy atom. The molecule has 0 aromatic heterocycles. The first-order valence-corrected chi connectivity index (χ1v) is 6.11. The van der Waals surface area contributed by atoms with Crippen LogP contribution in [-0.2, 0) is 16.0 Å². The van der Waals surface area contributed by atoms with Crippen molar-refractivity contribution in [3.63, 3.8) is 0 Å². The molecule has 0 atom stereocenters. The first kappa shape index (κ1) is 15.5. The molecule has 0 saturated carbocycles. The van der Waals surface area contributed by atoms with Gasteiger partial charge in [-0.3, -0.25) is 9.59 Å². The Bertz CT molecular complexity index is 502. The molecule has 0 saturated heterocycles. The Morgan fingerprint density at radius 1 is 1.25 bits per heavy atom. The number of hydrogen-bond acceptors (Lipinski definition) is 3. The molecular formula is C13H17N3O4. The molecule has 0 spiro atoms. The quantitative estimate of drug-likeness (QED) is 0.549. The van der Waals surface area contributed by atoms with Crippen molar-refractivity contribution < 1.29 is 19.5 Å². The number of urea groups is 1. The van der Waals surface area contributed by atoms with E-state index in [1.165, 1.54) is 0 Å². The molecule has 108 valence electrons. The van der Waals surface area contributed by atoms with Crippen LogP contribution in [0.2, 0.25) is 0 Å². The molecule has 0 bridgehead atoms. The zero-order chi connectivity index (χ0) is 15.0. The molecular weight excluding hydrogens is 262 g/mol. The number of carboxylic acid groups (broad SMARTS) is 1. The van der Waals surface area contributed by atoms with Crippen LogP contribution in [0.3, 0.4) is 0 Å². The molecule has 7 heteroatoms. The summed E-state index contributed by atoms with van der Waals surface area (Å²) < 4.78 is 0. The Kier molecular flexibility index (Phi) is 6.02. The molecule has 0 aliphatic rings. The van der Waals surface area contributed by atoms with Crippen LogP contribution in [0.5, 0.6) is 0 Å². The van der Waals surface area contributed by atoms with E-state index in [0.717, 1.165) is 0 Å². The summed E-state index contributed by atoms with van der Waals surface area (Å²) >= 11 is 0.